The monoisotopic (exact) mass is 435 g/mol. The molecule has 0 spiro atoms. The van der Waals surface area contributed by atoms with Crippen LogP contribution in [0.1, 0.15) is 18.1 Å². The normalized spacial score (nSPS) is 12.5. The Morgan fingerprint density at radius 1 is 1.16 bits per heavy atom. The van der Waals surface area contributed by atoms with Crippen molar-refractivity contribution < 1.29 is 9.59 Å². The van der Waals surface area contributed by atoms with E-state index in [4.69, 9.17) is 0 Å². The molecule has 1 aromatic heterocycles. The van der Waals surface area contributed by atoms with E-state index >= 15 is 0 Å². The maximum Gasteiger partial charge on any atom is 0.278 e. The Labute approximate surface area is 183 Å². The van der Waals surface area contributed by atoms with Crippen LogP contribution in [0.5, 0.6) is 0 Å². The molecule has 0 bridgehead atoms. The molecule has 2 aromatic carbocycles. The third kappa shape index (κ3) is 4.36. The van der Waals surface area contributed by atoms with Crippen molar-refractivity contribution in [2.75, 3.05) is 22.5 Å². The van der Waals surface area contributed by atoms with Crippen LogP contribution in [-0.4, -0.2) is 39.3 Å². The zero-order valence-electron chi connectivity index (χ0n) is 17.1. The van der Waals surface area contributed by atoms with Gasteiger partial charge in [0.1, 0.15) is 0 Å². The van der Waals surface area contributed by atoms with Crippen LogP contribution < -0.4 is 15.8 Å². The second-order valence-corrected chi connectivity index (χ2v) is 8.16. The van der Waals surface area contributed by atoms with Crippen LogP contribution in [0.15, 0.2) is 52.4 Å². The number of hydrogen-bond acceptors (Lipinski definition) is 6. The summed E-state index contributed by atoms with van der Waals surface area (Å²) in [7, 11) is 0. The molecule has 0 fully saturated rings. The molecule has 2 N–H and O–H groups in total. The minimum Gasteiger partial charge on any atom is -0.325 e. The van der Waals surface area contributed by atoms with E-state index in [1.165, 1.54) is 6.92 Å². The summed E-state index contributed by atoms with van der Waals surface area (Å²) in [6.45, 7) is 3.89. The first kappa shape index (κ1) is 20.8. The molecule has 2 amide bonds. The third-order valence-electron chi connectivity index (χ3n) is 5.03. The van der Waals surface area contributed by atoms with E-state index in [1.807, 2.05) is 37.3 Å². The van der Waals surface area contributed by atoms with Crippen molar-refractivity contribution in [1.82, 2.24) is 15.2 Å². The Bertz CT molecular complexity index is 1220. The zero-order valence-corrected chi connectivity index (χ0v) is 18.0. The average Bonchev–Trinajstić information content (AvgIpc) is 3.18. The molecule has 1 aliphatic heterocycles. The van der Waals surface area contributed by atoms with Crippen molar-refractivity contribution in [1.29, 1.82) is 0 Å². The highest BCUT2D eigenvalue weighted by atomic mass is 32.2. The summed E-state index contributed by atoms with van der Waals surface area (Å²) < 4.78 is 0. The van der Waals surface area contributed by atoms with E-state index in [9.17, 15) is 14.4 Å². The van der Waals surface area contributed by atoms with Gasteiger partial charge in [-0.3, -0.25) is 19.4 Å². The second-order valence-electron chi connectivity index (χ2n) is 7.20. The number of nitrogens with zero attached hydrogens (tertiary/aromatic N) is 3. The van der Waals surface area contributed by atoms with Crippen LogP contribution in [0, 0.1) is 6.92 Å². The molecule has 31 heavy (non-hydrogen) atoms. The molecule has 0 unspecified atom stereocenters. The number of aromatic nitrogens is 3. The number of carbonyl (C=O) groups excluding carboxylic acids is 2. The number of aromatic amines is 1. The zero-order chi connectivity index (χ0) is 22.0. The van der Waals surface area contributed by atoms with Crippen LogP contribution in [0.4, 0.5) is 11.4 Å². The topological polar surface area (TPSA) is 108 Å². The summed E-state index contributed by atoms with van der Waals surface area (Å²) in [6.07, 6.45) is 0.838. The van der Waals surface area contributed by atoms with Gasteiger partial charge in [0.2, 0.25) is 11.8 Å². The second kappa shape index (κ2) is 8.73. The Morgan fingerprint density at radius 2 is 1.97 bits per heavy atom. The number of thioether (sulfide) groups is 1. The molecule has 1 aliphatic rings. The number of benzene rings is 2. The highest BCUT2D eigenvalue weighted by Gasteiger charge is 2.24. The van der Waals surface area contributed by atoms with Gasteiger partial charge in [0.05, 0.1) is 11.4 Å². The Hall–Kier alpha value is -3.46. The van der Waals surface area contributed by atoms with Crippen LogP contribution in [0.25, 0.3) is 11.3 Å². The van der Waals surface area contributed by atoms with Crippen LogP contribution in [-0.2, 0) is 16.0 Å². The van der Waals surface area contributed by atoms with Gasteiger partial charge in [0.15, 0.2) is 10.9 Å². The number of fused-ring (bicyclic) bond motifs is 1. The molecule has 2 heterocycles. The molecule has 3 aromatic rings. The molecule has 0 saturated carbocycles. The van der Waals surface area contributed by atoms with Gasteiger partial charge < -0.3 is 10.2 Å². The summed E-state index contributed by atoms with van der Waals surface area (Å²) in [5.41, 5.74) is 3.59. The molecule has 4 rings (SSSR count). The van der Waals surface area contributed by atoms with Gasteiger partial charge >= 0.3 is 0 Å². The number of anilines is 2. The fourth-order valence-corrected chi connectivity index (χ4v) is 4.26. The van der Waals surface area contributed by atoms with E-state index < -0.39 is 5.56 Å². The molecule has 8 nitrogen and oxygen atoms in total. The van der Waals surface area contributed by atoms with Crippen molar-refractivity contribution in [3.05, 3.63) is 63.9 Å². The average molecular weight is 436 g/mol. The fraction of sp³-hybridized carbons (Fsp3) is 0.227. The van der Waals surface area contributed by atoms with E-state index in [0.717, 1.165) is 35.0 Å². The number of aryl methyl sites for hydroxylation is 1. The van der Waals surface area contributed by atoms with Gasteiger partial charge in [-0.05, 0) is 30.5 Å². The maximum atomic E-state index is 12.7. The van der Waals surface area contributed by atoms with Gasteiger partial charge in [-0.1, -0.05) is 48.2 Å². The largest absolute Gasteiger partial charge is 0.325 e. The molecule has 9 heteroatoms. The molecule has 0 saturated heterocycles. The first-order valence-electron chi connectivity index (χ1n) is 9.79. The van der Waals surface area contributed by atoms with Crippen molar-refractivity contribution in [3.63, 3.8) is 0 Å². The van der Waals surface area contributed by atoms with Crippen molar-refractivity contribution in [3.8, 4) is 11.3 Å². The van der Waals surface area contributed by atoms with Gasteiger partial charge in [-0.2, -0.15) is 0 Å². The van der Waals surface area contributed by atoms with Crippen LogP contribution >= 0.6 is 11.8 Å². The number of para-hydroxylation sites is 2. The minimum atomic E-state index is -0.436. The lowest BCUT2D eigenvalue weighted by Gasteiger charge is -2.16. The molecule has 0 aliphatic carbocycles. The molecular formula is C22H21N5O3S. The lowest BCUT2D eigenvalue weighted by atomic mass is 10.1. The van der Waals surface area contributed by atoms with Crippen molar-refractivity contribution in [2.45, 2.75) is 25.4 Å². The Morgan fingerprint density at radius 3 is 2.74 bits per heavy atom. The molecule has 0 radical (unpaired) electrons. The van der Waals surface area contributed by atoms with Crippen molar-refractivity contribution in [2.24, 2.45) is 0 Å². The number of hydrogen-bond donors (Lipinski definition) is 2. The third-order valence-corrected chi connectivity index (χ3v) is 5.87. The van der Waals surface area contributed by atoms with Crippen LogP contribution in [0.2, 0.25) is 0 Å². The van der Waals surface area contributed by atoms with Gasteiger partial charge in [0.25, 0.3) is 5.56 Å². The fourth-order valence-electron chi connectivity index (χ4n) is 3.58. The molecule has 158 valence electrons. The number of rotatable bonds is 5. The lowest BCUT2D eigenvalue weighted by molar-refractivity contribution is -0.116. The highest BCUT2D eigenvalue weighted by molar-refractivity contribution is 7.99. The maximum absolute atomic E-state index is 12.7. The van der Waals surface area contributed by atoms with Gasteiger partial charge in [0, 0.05) is 24.7 Å². The van der Waals surface area contributed by atoms with Crippen molar-refractivity contribution >= 4 is 35.0 Å². The van der Waals surface area contributed by atoms with Gasteiger partial charge in [-0.25, -0.2) is 0 Å². The predicted molar refractivity (Wildman–Crippen MR) is 120 cm³/mol. The standard InChI is InChI=1S/C22H21N5O3S/c1-13-6-5-8-16(19(13)23-14(2)28)20-21(30)24-22(26-25-20)31-12-18(29)27-11-10-15-7-3-4-9-17(15)27/h3-9H,10-12H2,1-2H3,(H,23,28)(H,24,26,30). The summed E-state index contributed by atoms with van der Waals surface area (Å²) in [6, 6.07) is 13.2. The number of H-pyrrole nitrogens is 1. The predicted octanol–water partition coefficient (Wildman–Crippen LogP) is 2.78. The Kier molecular flexibility index (Phi) is 5.85. The molecule has 0 atom stereocenters. The number of nitrogens with one attached hydrogen (secondary N) is 2. The van der Waals surface area contributed by atoms with E-state index in [0.29, 0.717) is 17.8 Å². The minimum absolute atomic E-state index is 0.0479. The van der Waals surface area contributed by atoms with E-state index in [-0.39, 0.29) is 28.4 Å². The summed E-state index contributed by atoms with van der Waals surface area (Å²) in [5.74, 6) is -0.151. The number of amides is 2. The molecular weight excluding hydrogens is 414 g/mol. The Balaban J connectivity index is 1.51. The number of carbonyl (C=O) groups is 2. The highest BCUT2D eigenvalue weighted by Crippen LogP contribution is 2.29. The summed E-state index contributed by atoms with van der Waals surface area (Å²) in [4.78, 5) is 41.3. The van der Waals surface area contributed by atoms with Gasteiger partial charge in [-0.15, -0.1) is 10.2 Å². The smallest absolute Gasteiger partial charge is 0.278 e. The summed E-state index contributed by atoms with van der Waals surface area (Å²) in [5, 5.41) is 11.2. The van der Waals surface area contributed by atoms with Crippen LogP contribution in [0.3, 0.4) is 0 Å². The SMILES string of the molecule is CC(=O)Nc1c(C)cccc1-c1nnc(SCC(=O)N2CCc3ccccc32)[nH]c1=O. The van der Waals surface area contributed by atoms with E-state index in [1.54, 1.807) is 17.0 Å². The summed E-state index contributed by atoms with van der Waals surface area (Å²) >= 11 is 1.14. The first-order chi connectivity index (χ1) is 14.9. The van der Waals surface area contributed by atoms with E-state index in [2.05, 4.69) is 20.5 Å². The first-order valence-corrected chi connectivity index (χ1v) is 10.8. The quantitative estimate of drug-likeness (QED) is 0.597. The lowest BCUT2D eigenvalue weighted by Crippen LogP contribution is -2.30.